The van der Waals surface area contributed by atoms with Crippen LogP contribution in [0.25, 0.3) is 10.9 Å². The van der Waals surface area contributed by atoms with Gasteiger partial charge in [-0.05, 0) is 31.9 Å². The molecule has 6 nitrogen and oxygen atoms in total. The number of carbonyl (C=O) groups excluding carboxylic acids is 2. The fourth-order valence-corrected chi connectivity index (χ4v) is 3.72. The van der Waals surface area contributed by atoms with Gasteiger partial charge in [-0.25, -0.2) is 0 Å². The van der Waals surface area contributed by atoms with E-state index >= 15 is 0 Å². The predicted octanol–water partition coefficient (Wildman–Crippen LogP) is 2.50. The van der Waals surface area contributed by atoms with Crippen LogP contribution in [0.2, 0.25) is 0 Å². The van der Waals surface area contributed by atoms with Crippen LogP contribution in [0.3, 0.4) is 0 Å². The molecule has 1 aliphatic rings. The quantitative estimate of drug-likeness (QED) is 0.886. The molecule has 0 radical (unpaired) electrons. The number of carbonyl (C=O) groups is 2. The van der Waals surface area contributed by atoms with Crippen molar-refractivity contribution in [2.24, 2.45) is 13.0 Å². The van der Waals surface area contributed by atoms with Crippen molar-refractivity contribution in [1.82, 2.24) is 15.2 Å². The molecule has 2 N–H and O–H groups in total. The average Bonchev–Trinajstić information content (AvgIpc) is 2.99. The Morgan fingerprint density at radius 2 is 2.00 bits per heavy atom. The number of nitrogens with one attached hydrogen (secondary N) is 2. The van der Waals surface area contributed by atoms with E-state index in [1.54, 1.807) is 6.92 Å². The molecule has 0 spiro atoms. The van der Waals surface area contributed by atoms with Crippen LogP contribution in [0.1, 0.15) is 43.1 Å². The van der Waals surface area contributed by atoms with Crippen molar-refractivity contribution in [2.75, 3.05) is 0 Å². The van der Waals surface area contributed by atoms with Gasteiger partial charge in [0, 0.05) is 24.0 Å². The Kier molecular flexibility index (Phi) is 5.27. The molecule has 1 heterocycles. The minimum absolute atomic E-state index is 0.152. The van der Waals surface area contributed by atoms with Crippen LogP contribution in [0.15, 0.2) is 30.3 Å². The largest absolute Gasteiger partial charge is 0.347 e. The highest BCUT2D eigenvalue weighted by Gasteiger charge is 2.33. The number of hydrogen-bond acceptors (Lipinski definition) is 3. The first-order chi connectivity index (χ1) is 12.5. The number of para-hydroxylation sites is 1. The van der Waals surface area contributed by atoms with Gasteiger partial charge in [0.2, 0.25) is 5.91 Å². The van der Waals surface area contributed by atoms with Crippen LogP contribution in [-0.2, 0) is 11.8 Å². The summed E-state index contributed by atoms with van der Waals surface area (Å²) in [6.07, 6.45) is 3.44. The minimum atomic E-state index is -0.529. The van der Waals surface area contributed by atoms with Crippen LogP contribution in [0.5, 0.6) is 0 Å². The van der Waals surface area contributed by atoms with E-state index in [0.29, 0.717) is 5.69 Å². The second-order valence-electron chi connectivity index (χ2n) is 6.98. The maximum atomic E-state index is 12.8. The van der Waals surface area contributed by atoms with Crippen LogP contribution < -0.4 is 10.6 Å². The smallest absolute Gasteiger partial charge is 0.268 e. The molecule has 1 fully saturated rings. The zero-order chi connectivity index (χ0) is 18.7. The van der Waals surface area contributed by atoms with Gasteiger partial charge in [0.1, 0.15) is 11.7 Å². The summed E-state index contributed by atoms with van der Waals surface area (Å²) >= 11 is 0. The third-order valence-corrected chi connectivity index (χ3v) is 5.16. The maximum Gasteiger partial charge on any atom is 0.268 e. The van der Waals surface area contributed by atoms with E-state index in [4.69, 9.17) is 5.26 Å². The summed E-state index contributed by atoms with van der Waals surface area (Å²) in [4.78, 5) is 25.3. The number of benzene rings is 1. The highest BCUT2D eigenvalue weighted by atomic mass is 16.2. The monoisotopic (exact) mass is 352 g/mol. The van der Waals surface area contributed by atoms with Gasteiger partial charge in [-0.2, -0.15) is 5.26 Å². The van der Waals surface area contributed by atoms with Gasteiger partial charge in [-0.1, -0.05) is 31.0 Å². The second kappa shape index (κ2) is 7.61. The first-order valence-corrected chi connectivity index (χ1v) is 9.06. The standard InChI is InChI=1S/C20H24N4O2/c1-13(12-21)22-19(25)15-8-4-5-9-16(15)23-20(26)18-11-14-7-3-6-10-17(14)24(18)2/h3,6-7,10-11,13,15-16H,4-5,8-9H2,1-2H3,(H,22,25)(H,23,26). The van der Waals surface area contributed by atoms with E-state index in [1.807, 2.05) is 48.0 Å². The molecule has 1 saturated carbocycles. The predicted molar refractivity (Wildman–Crippen MR) is 99.3 cm³/mol. The van der Waals surface area contributed by atoms with Crippen molar-refractivity contribution in [3.05, 3.63) is 36.0 Å². The number of amides is 2. The molecule has 3 rings (SSSR count). The molecule has 2 amide bonds. The molecule has 3 unspecified atom stereocenters. The van der Waals surface area contributed by atoms with Gasteiger partial charge < -0.3 is 15.2 Å². The van der Waals surface area contributed by atoms with Gasteiger partial charge >= 0.3 is 0 Å². The summed E-state index contributed by atoms with van der Waals surface area (Å²) in [5.74, 6) is -0.610. The zero-order valence-electron chi connectivity index (χ0n) is 15.2. The third-order valence-electron chi connectivity index (χ3n) is 5.16. The van der Waals surface area contributed by atoms with E-state index in [0.717, 1.165) is 36.6 Å². The van der Waals surface area contributed by atoms with E-state index in [9.17, 15) is 9.59 Å². The molecule has 1 aromatic carbocycles. The van der Waals surface area contributed by atoms with Gasteiger partial charge in [-0.15, -0.1) is 0 Å². The Morgan fingerprint density at radius 1 is 1.27 bits per heavy atom. The number of fused-ring (bicyclic) bond motifs is 1. The molecule has 136 valence electrons. The number of aromatic nitrogens is 1. The average molecular weight is 352 g/mol. The van der Waals surface area contributed by atoms with Crippen molar-refractivity contribution in [3.63, 3.8) is 0 Å². The Labute approximate surface area is 153 Å². The lowest BCUT2D eigenvalue weighted by Gasteiger charge is -2.31. The fourth-order valence-electron chi connectivity index (χ4n) is 3.72. The number of nitriles is 1. The van der Waals surface area contributed by atoms with Gasteiger partial charge in [0.25, 0.3) is 5.91 Å². The molecule has 1 aromatic heterocycles. The summed E-state index contributed by atoms with van der Waals surface area (Å²) in [5.41, 5.74) is 1.58. The fraction of sp³-hybridized carbons (Fsp3) is 0.450. The lowest BCUT2D eigenvalue weighted by molar-refractivity contribution is -0.127. The number of hydrogen-bond donors (Lipinski definition) is 2. The minimum Gasteiger partial charge on any atom is -0.347 e. The normalized spacial score (nSPS) is 21.0. The first-order valence-electron chi connectivity index (χ1n) is 9.06. The number of aryl methyl sites for hydroxylation is 1. The molecule has 6 heteroatoms. The first kappa shape index (κ1) is 18.0. The number of rotatable bonds is 4. The summed E-state index contributed by atoms with van der Waals surface area (Å²) in [5, 5.41) is 15.7. The zero-order valence-corrected chi connectivity index (χ0v) is 15.2. The molecular weight excluding hydrogens is 328 g/mol. The summed E-state index contributed by atoms with van der Waals surface area (Å²) in [6.45, 7) is 1.66. The van der Waals surface area contributed by atoms with Crippen molar-refractivity contribution in [2.45, 2.75) is 44.7 Å². The van der Waals surface area contributed by atoms with Crippen molar-refractivity contribution in [3.8, 4) is 6.07 Å². The molecular formula is C20H24N4O2. The molecule has 0 bridgehead atoms. The van der Waals surface area contributed by atoms with E-state index in [1.165, 1.54) is 0 Å². The van der Waals surface area contributed by atoms with Gasteiger partial charge in [0.05, 0.1) is 12.0 Å². The van der Waals surface area contributed by atoms with E-state index in [2.05, 4.69) is 10.6 Å². The van der Waals surface area contributed by atoms with E-state index in [-0.39, 0.29) is 23.8 Å². The van der Waals surface area contributed by atoms with Crippen molar-refractivity contribution in [1.29, 1.82) is 5.26 Å². The van der Waals surface area contributed by atoms with Crippen LogP contribution in [0.4, 0.5) is 0 Å². The summed E-state index contributed by atoms with van der Waals surface area (Å²) in [6, 6.07) is 11.0. The van der Waals surface area contributed by atoms with Crippen LogP contribution in [-0.4, -0.2) is 28.5 Å². The lowest BCUT2D eigenvalue weighted by atomic mass is 9.83. The molecule has 0 saturated heterocycles. The summed E-state index contributed by atoms with van der Waals surface area (Å²) < 4.78 is 1.88. The molecule has 0 aliphatic heterocycles. The van der Waals surface area contributed by atoms with Crippen molar-refractivity contribution >= 4 is 22.7 Å². The SMILES string of the molecule is CC(C#N)NC(=O)C1CCCCC1NC(=O)c1cc2ccccc2n1C. The van der Waals surface area contributed by atoms with Crippen LogP contribution >= 0.6 is 0 Å². The van der Waals surface area contributed by atoms with Crippen molar-refractivity contribution < 1.29 is 9.59 Å². The highest BCUT2D eigenvalue weighted by molar-refractivity contribution is 5.99. The lowest BCUT2D eigenvalue weighted by Crippen LogP contribution is -2.49. The van der Waals surface area contributed by atoms with Gasteiger partial charge in [0.15, 0.2) is 0 Å². The Balaban J connectivity index is 1.76. The summed E-state index contributed by atoms with van der Waals surface area (Å²) in [7, 11) is 1.87. The third kappa shape index (κ3) is 3.57. The Morgan fingerprint density at radius 3 is 2.73 bits per heavy atom. The number of nitrogens with zero attached hydrogens (tertiary/aromatic N) is 2. The molecule has 26 heavy (non-hydrogen) atoms. The van der Waals surface area contributed by atoms with E-state index < -0.39 is 6.04 Å². The Bertz CT molecular complexity index is 864. The molecule has 2 aromatic rings. The highest BCUT2D eigenvalue weighted by Crippen LogP contribution is 2.26. The Hall–Kier alpha value is -2.81. The van der Waals surface area contributed by atoms with Gasteiger partial charge in [-0.3, -0.25) is 9.59 Å². The maximum absolute atomic E-state index is 12.8. The molecule has 3 atom stereocenters. The van der Waals surface area contributed by atoms with Crippen LogP contribution in [0, 0.1) is 17.2 Å². The second-order valence-corrected chi connectivity index (χ2v) is 6.98. The topological polar surface area (TPSA) is 86.9 Å². The molecule has 1 aliphatic carbocycles.